The Hall–Kier alpha value is -3.16. The fraction of sp³-hybridized carbons (Fsp3) is 0.345. The molecule has 1 aliphatic rings. The van der Waals surface area contributed by atoms with E-state index in [1.807, 2.05) is 65.6 Å². The molecule has 4 rings (SSSR count). The summed E-state index contributed by atoms with van der Waals surface area (Å²) in [6, 6.07) is 24.9. The van der Waals surface area contributed by atoms with Crippen molar-refractivity contribution >= 4 is 15.9 Å². The molecule has 0 aromatic heterocycles. The van der Waals surface area contributed by atoms with E-state index in [1.165, 1.54) is 0 Å². The van der Waals surface area contributed by atoms with Crippen molar-refractivity contribution in [2.24, 2.45) is 0 Å². The molecule has 0 spiro atoms. The summed E-state index contributed by atoms with van der Waals surface area (Å²) in [6.45, 7) is 2.12. The fourth-order valence-electron chi connectivity index (χ4n) is 4.60. The van der Waals surface area contributed by atoms with Gasteiger partial charge in [0.05, 0.1) is 12.0 Å². The molecule has 0 N–H and O–H groups in total. The zero-order chi connectivity index (χ0) is 25.4. The average molecular weight is 507 g/mol. The molecule has 36 heavy (non-hydrogen) atoms. The molecule has 1 aliphatic heterocycles. The van der Waals surface area contributed by atoms with Gasteiger partial charge in [0.15, 0.2) is 0 Å². The molecule has 0 radical (unpaired) electrons. The summed E-state index contributed by atoms with van der Waals surface area (Å²) < 4.78 is 33.5. The van der Waals surface area contributed by atoms with Crippen LogP contribution >= 0.6 is 0 Å². The van der Waals surface area contributed by atoms with E-state index in [4.69, 9.17) is 4.74 Å². The second-order valence-corrected chi connectivity index (χ2v) is 11.1. The van der Waals surface area contributed by atoms with Gasteiger partial charge in [-0.2, -0.15) is 4.31 Å². The van der Waals surface area contributed by atoms with Gasteiger partial charge in [-0.15, -0.1) is 0 Å². The van der Waals surface area contributed by atoms with Crippen LogP contribution in [0.1, 0.15) is 42.4 Å². The lowest BCUT2D eigenvalue weighted by Crippen LogP contribution is -2.35. The highest BCUT2D eigenvalue weighted by Crippen LogP contribution is 2.27. The van der Waals surface area contributed by atoms with Crippen LogP contribution in [0.2, 0.25) is 0 Å². The van der Waals surface area contributed by atoms with Crippen LogP contribution in [-0.2, 0) is 34.3 Å². The molecule has 0 saturated carbocycles. The predicted octanol–water partition coefficient (Wildman–Crippen LogP) is 5.03. The first-order chi connectivity index (χ1) is 17.5. The van der Waals surface area contributed by atoms with Crippen LogP contribution in [0.4, 0.5) is 0 Å². The Morgan fingerprint density at radius 2 is 1.44 bits per heavy atom. The minimum absolute atomic E-state index is 0.00838. The van der Waals surface area contributed by atoms with E-state index in [-0.39, 0.29) is 17.2 Å². The van der Waals surface area contributed by atoms with Crippen LogP contribution in [0.5, 0.6) is 5.75 Å². The van der Waals surface area contributed by atoms with E-state index in [9.17, 15) is 13.2 Å². The summed E-state index contributed by atoms with van der Waals surface area (Å²) in [6.07, 6.45) is 3.48. The average Bonchev–Trinajstić information content (AvgIpc) is 2.92. The number of amides is 1. The number of methoxy groups -OCH3 is 1. The lowest BCUT2D eigenvalue weighted by molar-refractivity contribution is -0.132. The monoisotopic (exact) mass is 506 g/mol. The summed E-state index contributed by atoms with van der Waals surface area (Å²) in [5.74, 6) is 0.604. The van der Waals surface area contributed by atoms with Gasteiger partial charge in [-0.3, -0.25) is 4.79 Å². The minimum Gasteiger partial charge on any atom is -0.496 e. The lowest BCUT2D eigenvalue weighted by Gasteiger charge is -2.26. The maximum atomic E-state index is 13.4. The summed E-state index contributed by atoms with van der Waals surface area (Å²) in [4.78, 5) is 15.5. The van der Waals surface area contributed by atoms with Gasteiger partial charge in [0, 0.05) is 32.6 Å². The van der Waals surface area contributed by atoms with E-state index in [2.05, 4.69) is 0 Å². The molecule has 3 aromatic carbocycles. The van der Waals surface area contributed by atoms with Crippen LogP contribution in [0, 0.1) is 0 Å². The summed E-state index contributed by atoms with van der Waals surface area (Å²) in [7, 11) is -2.00. The fourth-order valence-corrected chi connectivity index (χ4v) is 6.17. The molecular weight excluding hydrogens is 472 g/mol. The number of aryl methyl sites for hydroxylation is 1. The first kappa shape index (κ1) is 25.9. The van der Waals surface area contributed by atoms with Gasteiger partial charge >= 0.3 is 0 Å². The number of sulfonamides is 1. The molecule has 190 valence electrons. The smallest absolute Gasteiger partial charge is 0.243 e. The molecule has 1 saturated heterocycles. The Balaban J connectivity index is 1.51. The highest BCUT2D eigenvalue weighted by molar-refractivity contribution is 7.89. The van der Waals surface area contributed by atoms with Crippen LogP contribution in [0.25, 0.3) is 0 Å². The molecule has 0 atom stereocenters. The lowest BCUT2D eigenvalue weighted by atomic mass is 10.1. The Labute approximate surface area is 214 Å². The third-order valence-electron chi connectivity index (χ3n) is 6.60. The number of piperidine rings is 1. The van der Waals surface area contributed by atoms with Crippen molar-refractivity contribution in [1.82, 2.24) is 9.21 Å². The first-order valence-corrected chi connectivity index (χ1v) is 13.9. The molecule has 1 fully saturated rings. The number of hydrogen-bond acceptors (Lipinski definition) is 4. The summed E-state index contributed by atoms with van der Waals surface area (Å²) in [5, 5.41) is 0. The van der Waals surface area contributed by atoms with E-state index < -0.39 is 10.0 Å². The molecule has 7 heteroatoms. The molecule has 0 unspecified atom stereocenters. The number of carbonyl (C=O) groups excluding carboxylic acids is 1. The quantitative estimate of drug-likeness (QED) is 0.387. The van der Waals surface area contributed by atoms with Gasteiger partial charge < -0.3 is 9.64 Å². The number of carbonyl (C=O) groups is 1. The van der Waals surface area contributed by atoms with E-state index in [1.54, 1.807) is 29.6 Å². The molecule has 3 aromatic rings. The van der Waals surface area contributed by atoms with E-state index in [0.717, 1.165) is 36.0 Å². The highest BCUT2D eigenvalue weighted by Gasteiger charge is 2.27. The third kappa shape index (κ3) is 6.53. The van der Waals surface area contributed by atoms with Gasteiger partial charge in [0.2, 0.25) is 15.9 Å². The predicted molar refractivity (Wildman–Crippen MR) is 141 cm³/mol. The molecular formula is C29H34N2O4S. The largest absolute Gasteiger partial charge is 0.496 e. The van der Waals surface area contributed by atoms with Gasteiger partial charge in [0.25, 0.3) is 0 Å². The minimum atomic E-state index is -3.56. The van der Waals surface area contributed by atoms with Crippen molar-refractivity contribution in [2.75, 3.05) is 20.2 Å². The zero-order valence-corrected chi connectivity index (χ0v) is 21.6. The number of nitrogens with zero attached hydrogens (tertiary/aromatic N) is 2. The Morgan fingerprint density at radius 3 is 2.00 bits per heavy atom. The second-order valence-electron chi connectivity index (χ2n) is 9.16. The van der Waals surface area contributed by atoms with Crippen LogP contribution in [0.15, 0.2) is 83.8 Å². The Bertz CT molecular complexity index is 1200. The van der Waals surface area contributed by atoms with Gasteiger partial charge in [-0.05, 0) is 54.2 Å². The molecule has 0 bridgehead atoms. The first-order valence-electron chi connectivity index (χ1n) is 12.5. The molecule has 0 aliphatic carbocycles. The van der Waals surface area contributed by atoms with Crippen LogP contribution in [-0.4, -0.2) is 43.7 Å². The van der Waals surface area contributed by atoms with E-state index >= 15 is 0 Å². The van der Waals surface area contributed by atoms with Crippen molar-refractivity contribution in [3.8, 4) is 5.75 Å². The highest BCUT2D eigenvalue weighted by atomic mass is 32.2. The summed E-state index contributed by atoms with van der Waals surface area (Å²) in [5.41, 5.74) is 2.85. The maximum absolute atomic E-state index is 13.4. The maximum Gasteiger partial charge on any atom is 0.243 e. The van der Waals surface area contributed by atoms with Gasteiger partial charge in [0.1, 0.15) is 5.75 Å². The van der Waals surface area contributed by atoms with Gasteiger partial charge in [-0.1, -0.05) is 67.1 Å². The Kier molecular flexibility index (Phi) is 8.78. The topological polar surface area (TPSA) is 66.9 Å². The normalized spacial score (nSPS) is 14.4. The summed E-state index contributed by atoms with van der Waals surface area (Å²) >= 11 is 0. The van der Waals surface area contributed by atoms with Crippen molar-refractivity contribution in [1.29, 1.82) is 0 Å². The number of benzene rings is 3. The van der Waals surface area contributed by atoms with Crippen molar-refractivity contribution in [3.05, 3.63) is 95.6 Å². The Morgan fingerprint density at radius 1 is 0.861 bits per heavy atom. The van der Waals surface area contributed by atoms with Gasteiger partial charge in [-0.25, -0.2) is 8.42 Å². The number of rotatable bonds is 10. The number of ether oxygens (including phenoxy) is 1. The second kappa shape index (κ2) is 12.2. The third-order valence-corrected chi connectivity index (χ3v) is 8.49. The molecule has 6 nitrogen and oxygen atoms in total. The molecule has 1 amide bonds. The zero-order valence-electron chi connectivity index (χ0n) is 20.8. The van der Waals surface area contributed by atoms with Crippen LogP contribution < -0.4 is 4.74 Å². The van der Waals surface area contributed by atoms with Crippen molar-refractivity contribution < 1.29 is 17.9 Å². The molecule has 1 heterocycles. The van der Waals surface area contributed by atoms with Crippen molar-refractivity contribution in [2.45, 2.75) is 50.1 Å². The van der Waals surface area contributed by atoms with Crippen LogP contribution in [0.3, 0.4) is 0 Å². The van der Waals surface area contributed by atoms with E-state index in [0.29, 0.717) is 38.3 Å². The SMILES string of the molecule is COc1ccc(S(=O)(=O)N2CCCCC2)cc1CCC(=O)N(Cc1ccccc1)Cc1ccccc1. The van der Waals surface area contributed by atoms with Crippen molar-refractivity contribution in [3.63, 3.8) is 0 Å². The number of hydrogen-bond donors (Lipinski definition) is 0. The standard InChI is InChI=1S/C29H34N2O4S/c1-35-28-17-16-27(36(33,34)31-19-9-4-10-20-31)21-26(28)15-18-29(32)30(22-24-11-5-2-6-12-24)23-25-13-7-3-8-14-25/h2-3,5-8,11-14,16-17,21H,4,9-10,15,18-20,22-23H2,1H3.